The Kier molecular flexibility index (Phi) is 5.16. The number of rotatable bonds is 5. The molecule has 0 radical (unpaired) electrons. The number of benzene rings is 1. The zero-order valence-electron chi connectivity index (χ0n) is 15.1. The minimum atomic E-state index is -3.29. The average Bonchev–Trinajstić information content (AvgIpc) is 2.90. The summed E-state index contributed by atoms with van der Waals surface area (Å²) in [6.07, 6.45) is 2.65. The molecular weight excluding hydrogens is 374 g/mol. The molecule has 0 saturated carbocycles. The van der Waals surface area contributed by atoms with Gasteiger partial charge in [-0.2, -0.15) is 5.10 Å². The summed E-state index contributed by atoms with van der Waals surface area (Å²) in [4.78, 5) is 22.8. The standard InChI is InChI=1S/C16H21N5O5S/c1-18-15(13-4-3-9-19(11-13)27(2,25)26)17-20(16(18)22)10-12-5-7-14(8-6-12)21(23)24/h5-8,13H,3-4,9-11H2,1-2H3. The fourth-order valence-electron chi connectivity index (χ4n) is 3.31. The molecule has 1 saturated heterocycles. The highest BCUT2D eigenvalue weighted by Crippen LogP contribution is 2.26. The molecule has 1 aliphatic heterocycles. The first-order chi connectivity index (χ1) is 12.7. The van der Waals surface area contributed by atoms with Crippen LogP contribution in [0.25, 0.3) is 0 Å². The van der Waals surface area contributed by atoms with Crippen molar-refractivity contribution in [3.8, 4) is 0 Å². The predicted molar refractivity (Wildman–Crippen MR) is 98.1 cm³/mol. The SMILES string of the molecule is Cn1c(C2CCCN(S(C)(=O)=O)C2)nn(Cc2ccc([N+](=O)[O-])cc2)c1=O. The number of non-ortho nitro benzene ring substituents is 1. The van der Waals surface area contributed by atoms with Gasteiger partial charge >= 0.3 is 5.69 Å². The van der Waals surface area contributed by atoms with Gasteiger partial charge in [-0.25, -0.2) is 22.2 Å². The van der Waals surface area contributed by atoms with E-state index in [0.717, 1.165) is 6.42 Å². The molecule has 1 fully saturated rings. The largest absolute Gasteiger partial charge is 0.345 e. The van der Waals surface area contributed by atoms with Crippen LogP contribution in [0.4, 0.5) is 5.69 Å². The second kappa shape index (κ2) is 7.24. The molecule has 11 heteroatoms. The van der Waals surface area contributed by atoms with E-state index in [1.54, 1.807) is 19.2 Å². The third-order valence-electron chi connectivity index (χ3n) is 4.77. The lowest BCUT2D eigenvalue weighted by molar-refractivity contribution is -0.384. The van der Waals surface area contributed by atoms with Gasteiger partial charge in [-0.05, 0) is 18.4 Å². The summed E-state index contributed by atoms with van der Waals surface area (Å²) in [6.45, 7) is 0.973. The quantitative estimate of drug-likeness (QED) is 0.542. The Hall–Kier alpha value is -2.53. The molecule has 1 aliphatic rings. The molecule has 1 aromatic carbocycles. The fraction of sp³-hybridized carbons (Fsp3) is 0.500. The van der Waals surface area contributed by atoms with Crippen molar-refractivity contribution in [3.05, 3.63) is 56.3 Å². The van der Waals surface area contributed by atoms with Crippen molar-refractivity contribution in [2.75, 3.05) is 19.3 Å². The molecule has 0 aliphatic carbocycles. The smallest absolute Gasteiger partial charge is 0.282 e. The Morgan fingerprint density at radius 2 is 1.96 bits per heavy atom. The van der Waals surface area contributed by atoms with E-state index in [9.17, 15) is 23.3 Å². The first-order valence-corrected chi connectivity index (χ1v) is 10.3. The maximum Gasteiger partial charge on any atom is 0.345 e. The van der Waals surface area contributed by atoms with Crippen molar-refractivity contribution in [3.63, 3.8) is 0 Å². The molecular formula is C16H21N5O5S. The lowest BCUT2D eigenvalue weighted by Crippen LogP contribution is -2.39. The molecule has 0 amide bonds. The summed E-state index contributed by atoms with van der Waals surface area (Å²) in [6, 6.07) is 5.94. The topological polar surface area (TPSA) is 120 Å². The van der Waals surface area contributed by atoms with Crippen LogP contribution in [0.3, 0.4) is 0 Å². The van der Waals surface area contributed by atoms with Crippen molar-refractivity contribution in [2.24, 2.45) is 7.05 Å². The van der Waals surface area contributed by atoms with E-state index in [1.165, 1.54) is 31.9 Å². The highest BCUT2D eigenvalue weighted by Gasteiger charge is 2.30. The monoisotopic (exact) mass is 395 g/mol. The molecule has 146 valence electrons. The Bertz CT molecular complexity index is 1010. The van der Waals surface area contributed by atoms with Crippen LogP contribution in [0.15, 0.2) is 29.1 Å². The van der Waals surface area contributed by atoms with Crippen LogP contribution in [0.2, 0.25) is 0 Å². The van der Waals surface area contributed by atoms with Crippen molar-refractivity contribution in [1.29, 1.82) is 0 Å². The van der Waals surface area contributed by atoms with E-state index < -0.39 is 14.9 Å². The predicted octanol–water partition coefficient (Wildman–Crippen LogP) is 0.677. The summed E-state index contributed by atoms with van der Waals surface area (Å²) in [5.41, 5.74) is 0.393. The fourth-order valence-corrected chi connectivity index (χ4v) is 4.23. The molecule has 0 spiro atoms. The van der Waals surface area contributed by atoms with Gasteiger partial charge in [0.2, 0.25) is 10.0 Å². The van der Waals surface area contributed by atoms with E-state index in [-0.39, 0.29) is 23.8 Å². The second-order valence-corrected chi connectivity index (χ2v) is 8.72. The summed E-state index contributed by atoms with van der Waals surface area (Å²) in [5.74, 6) is 0.402. The number of sulfonamides is 1. The molecule has 1 atom stereocenters. The minimum Gasteiger partial charge on any atom is -0.282 e. The highest BCUT2D eigenvalue weighted by atomic mass is 32.2. The Labute approximate surface area is 156 Å². The van der Waals surface area contributed by atoms with Crippen LogP contribution < -0.4 is 5.69 Å². The van der Waals surface area contributed by atoms with Crippen LogP contribution in [0, 0.1) is 10.1 Å². The lowest BCUT2D eigenvalue weighted by atomic mass is 9.99. The molecule has 1 unspecified atom stereocenters. The van der Waals surface area contributed by atoms with Gasteiger partial charge in [-0.3, -0.25) is 14.7 Å². The van der Waals surface area contributed by atoms with Gasteiger partial charge in [0.25, 0.3) is 5.69 Å². The molecule has 1 aromatic heterocycles. The van der Waals surface area contributed by atoms with E-state index in [0.29, 0.717) is 30.9 Å². The Morgan fingerprint density at radius 3 is 2.56 bits per heavy atom. The summed E-state index contributed by atoms with van der Waals surface area (Å²) in [7, 11) is -1.66. The van der Waals surface area contributed by atoms with Gasteiger partial charge in [0.05, 0.1) is 17.7 Å². The number of piperidine rings is 1. The van der Waals surface area contributed by atoms with Crippen LogP contribution in [-0.4, -0.2) is 51.3 Å². The van der Waals surface area contributed by atoms with Gasteiger partial charge in [-0.15, -0.1) is 0 Å². The molecule has 10 nitrogen and oxygen atoms in total. The van der Waals surface area contributed by atoms with Crippen LogP contribution in [0.5, 0.6) is 0 Å². The number of nitrogens with zero attached hydrogens (tertiary/aromatic N) is 5. The third-order valence-corrected chi connectivity index (χ3v) is 6.04. The normalized spacial score (nSPS) is 18.5. The first-order valence-electron chi connectivity index (χ1n) is 8.49. The van der Waals surface area contributed by atoms with Gasteiger partial charge in [0.15, 0.2) is 0 Å². The van der Waals surface area contributed by atoms with Crippen molar-refractivity contribution < 1.29 is 13.3 Å². The van der Waals surface area contributed by atoms with E-state index in [1.807, 2.05) is 0 Å². The van der Waals surface area contributed by atoms with Gasteiger partial charge < -0.3 is 0 Å². The van der Waals surface area contributed by atoms with E-state index in [2.05, 4.69) is 5.10 Å². The summed E-state index contributed by atoms with van der Waals surface area (Å²) < 4.78 is 27.8. The van der Waals surface area contributed by atoms with E-state index in [4.69, 9.17) is 0 Å². The molecule has 0 bridgehead atoms. The molecule has 2 heterocycles. The molecule has 0 N–H and O–H groups in total. The number of aromatic nitrogens is 3. The lowest BCUT2D eigenvalue weighted by Gasteiger charge is -2.30. The molecule has 2 aromatic rings. The average molecular weight is 395 g/mol. The zero-order valence-corrected chi connectivity index (χ0v) is 15.9. The zero-order chi connectivity index (χ0) is 19.8. The van der Waals surface area contributed by atoms with Crippen LogP contribution in [-0.2, 0) is 23.6 Å². The third kappa shape index (κ3) is 4.08. The maximum absolute atomic E-state index is 12.5. The van der Waals surface area contributed by atoms with Crippen LogP contribution in [0.1, 0.15) is 30.1 Å². The highest BCUT2D eigenvalue weighted by molar-refractivity contribution is 7.88. The van der Waals surface area contributed by atoms with Crippen molar-refractivity contribution in [1.82, 2.24) is 18.7 Å². The maximum atomic E-state index is 12.5. The van der Waals surface area contributed by atoms with Crippen LogP contribution >= 0.6 is 0 Å². The van der Waals surface area contributed by atoms with Gasteiger partial charge in [0, 0.05) is 38.2 Å². The summed E-state index contributed by atoms with van der Waals surface area (Å²) in [5, 5.41) is 15.1. The Morgan fingerprint density at radius 1 is 1.30 bits per heavy atom. The number of nitro groups is 1. The minimum absolute atomic E-state index is 0.0177. The summed E-state index contributed by atoms with van der Waals surface area (Å²) >= 11 is 0. The van der Waals surface area contributed by atoms with E-state index >= 15 is 0 Å². The van der Waals surface area contributed by atoms with Gasteiger partial charge in [0.1, 0.15) is 5.82 Å². The number of hydrogen-bond donors (Lipinski definition) is 0. The number of nitro benzene ring substituents is 1. The molecule has 3 rings (SSSR count). The Balaban J connectivity index is 1.83. The van der Waals surface area contributed by atoms with Crippen molar-refractivity contribution >= 4 is 15.7 Å². The van der Waals surface area contributed by atoms with Crippen molar-refractivity contribution in [2.45, 2.75) is 25.3 Å². The first kappa shape index (κ1) is 19.2. The second-order valence-electron chi connectivity index (χ2n) is 6.74. The molecule has 27 heavy (non-hydrogen) atoms. The number of hydrogen-bond acceptors (Lipinski definition) is 6. The van der Waals surface area contributed by atoms with Gasteiger partial charge in [-0.1, -0.05) is 12.1 Å².